The predicted octanol–water partition coefficient (Wildman–Crippen LogP) is 4.19. The molecule has 1 aromatic carbocycles. The van der Waals surface area contributed by atoms with Gasteiger partial charge < -0.3 is 4.90 Å². The van der Waals surface area contributed by atoms with Crippen LogP contribution in [0.3, 0.4) is 0 Å². The number of imidazole rings is 1. The van der Waals surface area contributed by atoms with E-state index in [0.29, 0.717) is 6.04 Å². The van der Waals surface area contributed by atoms with Crippen molar-refractivity contribution in [1.82, 2.24) is 24.4 Å². The first-order chi connectivity index (χ1) is 12.7. The lowest BCUT2D eigenvalue weighted by atomic mass is 10.1. The molecule has 3 aromatic heterocycles. The van der Waals surface area contributed by atoms with Crippen LogP contribution in [0.2, 0.25) is 5.02 Å². The minimum Gasteiger partial charge on any atom is -0.339 e. The van der Waals surface area contributed by atoms with Crippen molar-refractivity contribution in [1.29, 1.82) is 0 Å². The third-order valence-corrected chi connectivity index (χ3v) is 5.99. The third-order valence-electron chi connectivity index (χ3n) is 4.78. The minimum atomic E-state index is 0.343. The molecule has 0 N–H and O–H groups in total. The van der Waals surface area contributed by atoms with Crippen LogP contribution in [0.25, 0.3) is 16.2 Å². The van der Waals surface area contributed by atoms with E-state index in [9.17, 15) is 0 Å². The van der Waals surface area contributed by atoms with Crippen molar-refractivity contribution in [2.45, 2.75) is 18.9 Å². The fourth-order valence-corrected chi connectivity index (χ4v) is 4.60. The number of nitrogens with zero attached hydrogens (tertiary/aromatic N) is 6. The Bertz CT molecular complexity index is 1030. The Morgan fingerprint density at radius 2 is 2.04 bits per heavy atom. The van der Waals surface area contributed by atoms with Crippen LogP contribution in [0.1, 0.15) is 24.4 Å². The second-order valence-electron chi connectivity index (χ2n) is 6.54. The molecule has 0 saturated carbocycles. The topological polar surface area (TPSA) is 51.2 Å². The molecule has 1 fully saturated rings. The zero-order valence-electron chi connectivity index (χ0n) is 14.2. The van der Waals surface area contributed by atoms with Gasteiger partial charge in [0.05, 0.1) is 24.1 Å². The lowest BCUT2D eigenvalue weighted by Gasteiger charge is -2.22. The van der Waals surface area contributed by atoms with Crippen molar-refractivity contribution in [3.63, 3.8) is 0 Å². The number of benzene rings is 1. The van der Waals surface area contributed by atoms with Gasteiger partial charge in [-0.2, -0.15) is 5.10 Å². The molecule has 8 heteroatoms. The molecule has 0 aliphatic carbocycles. The summed E-state index contributed by atoms with van der Waals surface area (Å²) in [6.07, 6.45) is 8.33. The number of halogens is 1. The van der Waals surface area contributed by atoms with E-state index in [0.717, 1.165) is 45.8 Å². The first kappa shape index (κ1) is 15.8. The zero-order chi connectivity index (χ0) is 17.7. The molecule has 132 valence electrons. The normalized spacial score (nSPS) is 17.5. The summed E-state index contributed by atoms with van der Waals surface area (Å²) in [6, 6.07) is 8.07. The van der Waals surface area contributed by atoms with Crippen molar-refractivity contribution < 1.29 is 0 Å². The molecule has 0 bridgehead atoms. The highest BCUT2D eigenvalue weighted by Gasteiger charge is 2.29. The Morgan fingerprint density at radius 3 is 2.77 bits per heavy atom. The average Bonchev–Trinajstić information content (AvgIpc) is 3.37. The van der Waals surface area contributed by atoms with Gasteiger partial charge in [0.2, 0.25) is 10.1 Å². The molecule has 1 aliphatic rings. The third kappa shape index (κ3) is 2.68. The van der Waals surface area contributed by atoms with Crippen LogP contribution < -0.4 is 4.90 Å². The van der Waals surface area contributed by atoms with Crippen LogP contribution in [0.4, 0.5) is 5.13 Å². The lowest BCUT2D eigenvalue weighted by Crippen LogP contribution is -2.22. The van der Waals surface area contributed by atoms with Crippen LogP contribution in [0, 0.1) is 0 Å². The van der Waals surface area contributed by atoms with Gasteiger partial charge in [0.15, 0.2) is 0 Å². The van der Waals surface area contributed by atoms with Crippen molar-refractivity contribution >= 4 is 33.0 Å². The number of hydrogen-bond donors (Lipinski definition) is 0. The van der Waals surface area contributed by atoms with Gasteiger partial charge in [-0.3, -0.25) is 4.68 Å². The summed E-state index contributed by atoms with van der Waals surface area (Å²) in [6.45, 7) is 1.01. The molecule has 1 saturated heterocycles. The van der Waals surface area contributed by atoms with Gasteiger partial charge in [0.1, 0.15) is 0 Å². The van der Waals surface area contributed by atoms with Gasteiger partial charge in [-0.25, -0.2) is 9.50 Å². The van der Waals surface area contributed by atoms with Gasteiger partial charge in [0, 0.05) is 35.9 Å². The second-order valence-corrected chi connectivity index (χ2v) is 7.91. The van der Waals surface area contributed by atoms with Crippen LogP contribution in [0.5, 0.6) is 0 Å². The van der Waals surface area contributed by atoms with Crippen LogP contribution in [-0.4, -0.2) is 30.9 Å². The van der Waals surface area contributed by atoms with Gasteiger partial charge >= 0.3 is 0 Å². The molecular weight excluding hydrogens is 368 g/mol. The Labute approximate surface area is 159 Å². The Morgan fingerprint density at radius 1 is 1.19 bits per heavy atom. The molecule has 1 aliphatic heterocycles. The summed E-state index contributed by atoms with van der Waals surface area (Å²) in [4.78, 5) is 8.02. The predicted molar refractivity (Wildman–Crippen MR) is 104 cm³/mol. The smallest absolute Gasteiger partial charge is 0.214 e. The molecular formula is C18H17ClN6S. The number of hydrogen-bond acceptors (Lipinski definition) is 5. The molecule has 1 atom stereocenters. The van der Waals surface area contributed by atoms with E-state index in [2.05, 4.69) is 16.2 Å². The average molecular weight is 385 g/mol. The number of aromatic nitrogens is 5. The minimum absolute atomic E-state index is 0.343. The lowest BCUT2D eigenvalue weighted by molar-refractivity contribution is 0.707. The van der Waals surface area contributed by atoms with Crippen molar-refractivity contribution in [3.05, 3.63) is 53.4 Å². The van der Waals surface area contributed by atoms with Gasteiger partial charge in [-0.1, -0.05) is 35.1 Å². The quantitative estimate of drug-likeness (QED) is 0.531. The number of anilines is 1. The maximum Gasteiger partial charge on any atom is 0.214 e. The van der Waals surface area contributed by atoms with E-state index in [1.165, 1.54) is 5.56 Å². The fraction of sp³-hybridized carbons (Fsp3) is 0.278. The SMILES string of the molecule is Cn1cc(C2CCCN2c2nn3cc(-c4ccc(Cl)cc4)nc3s2)cn1. The van der Waals surface area contributed by atoms with E-state index in [1.807, 2.05) is 52.9 Å². The van der Waals surface area contributed by atoms with Crippen molar-refractivity contribution in [2.75, 3.05) is 11.4 Å². The zero-order valence-corrected chi connectivity index (χ0v) is 15.8. The molecule has 6 nitrogen and oxygen atoms in total. The molecule has 0 spiro atoms. The van der Waals surface area contributed by atoms with Crippen molar-refractivity contribution in [2.24, 2.45) is 7.05 Å². The summed E-state index contributed by atoms with van der Waals surface area (Å²) in [5, 5.41) is 10.8. The van der Waals surface area contributed by atoms with Crippen LogP contribution >= 0.6 is 22.9 Å². The number of fused-ring (bicyclic) bond motifs is 1. The van der Waals surface area contributed by atoms with Gasteiger partial charge in [-0.15, -0.1) is 5.10 Å². The Balaban J connectivity index is 1.46. The summed E-state index contributed by atoms with van der Waals surface area (Å²) in [5.74, 6) is 0. The fourth-order valence-electron chi connectivity index (χ4n) is 3.52. The summed E-state index contributed by atoms with van der Waals surface area (Å²) < 4.78 is 3.74. The van der Waals surface area contributed by atoms with Crippen LogP contribution in [0.15, 0.2) is 42.9 Å². The highest BCUT2D eigenvalue weighted by atomic mass is 35.5. The molecule has 5 rings (SSSR count). The summed E-state index contributed by atoms with van der Waals surface area (Å²) in [5.41, 5.74) is 3.21. The van der Waals surface area contributed by atoms with Crippen LogP contribution in [-0.2, 0) is 7.05 Å². The second kappa shape index (κ2) is 6.10. The first-order valence-electron chi connectivity index (χ1n) is 8.55. The summed E-state index contributed by atoms with van der Waals surface area (Å²) in [7, 11) is 1.96. The molecule has 26 heavy (non-hydrogen) atoms. The van der Waals surface area contributed by atoms with Gasteiger partial charge in [0.25, 0.3) is 0 Å². The molecule has 4 heterocycles. The molecule has 1 unspecified atom stereocenters. The maximum absolute atomic E-state index is 5.97. The first-order valence-corrected chi connectivity index (χ1v) is 9.74. The monoisotopic (exact) mass is 384 g/mol. The maximum atomic E-state index is 5.97. The Kier molecular flexibility index (Phi) is 3.72. The van der Waals surface area contributed by atoms with E-state index in [1.54, 1.807) is 11.3 Å². The number of aryl methyl sites for hydroxylation is 1. The number of rotatable bonds is 3. The largest absolute Gasteiger partial charge is 0.339 e. The van der Waals surface area contributed by atoms with E-state index >= 15 is 0 Å². The highest BCUT2D eigenvalue weighted by Crippen LogP contribution is 2.38. The molecule has 0 radical (unpaired) electrons. The van der Waals surface area contributed by atoms with E-state index < -0.39 is 0 Å². The van der Waals surface area contributed by atoms with E-state index in [4.69, 9.17) is 21.7 Å². The summed E-state index contributed by atoms with van der Waals surface area (Å²) >= 11 is 7.60. The van der Waals surface area contributed by atoms with Crippen molar-refractivity contribution in [3.8, 4) is 11.3 Å². The standard InChI is InChI=1S/C18H17ClN6S/c1-23-10-13(9-20-23)16-3-2-8-24(16)18-22-25-11-15(21-17(25)26-18)12-4-6-14(19)7-5-12/h4-7,9-11,16H,2-3,8H2,1H3. The molecule has 4 aromatic rings. The van der Waals surface area contributed by atoms with Gasteiger partial charge in [-0.05, 0) is 25.0 Å². The molecule has 0 amide bonds. The Hall–Kier alpha value is -2.38. The van der Waals surface area contributed by atoms with E-state index in [-0.39, 0.29) is 0 Å². The highest BCUT2D eigenvalue weighted by molar-refractivity contribution is 7.20.